The Bertz CT molecular complexity index is 534. The smallest absolute Gasteiger partial charge is 0.375 e. The number of carbonyl (C=O) groups is 1. The molecule has 5 heteroatoms. The summed E-state index contributed by atoms with van der Waals surface area (Å²) in [5.74, 6) is -0.996. The minimum Gasteiger partial charge on any atom is -0.508 e. The Morgan fingerprint density at radius 3 is 2.45 bits per heavy atom. The molecule has 0 heterocycles. The normalized spacial score (nSPS) is 11.8. The van der Waals surface area contributed by atoms with E-state index in [-0.39, 0.29) is 23.9 Å². The van der Waals surface area contributed by atoms with Crippen LogP contribution in [0, 0.1) is 0 Å². The molecule has 2 N–H and O–H groups in total. The molecule has 0 aliphatic heterocycles. The van der Waals surface area contributed by atoms with Gasteiger partial charge >= 0.3 is 5.97 Å². The van der Waals surface area contributed by atoms with Crippen molar-refractivity contribution in [1.29, 1.82) is 0 Å². The standard InChI is InChI=1S/C17H24O5/c1-4-7-10-22-15(16(17(19)20)21-6-3)14-9-8-13(18)11-12(14)5-2/h8-9,11,18H,4-7,10H2,1-3H3,(H,19,20). The number of phenolic OH excluding ortho intramolecular Hbond substituents is 1. The van der Waals surface area contributed by atoms with E-state index in [0.717, 1.165) is 18.4 Å². The predicted octanol–water partition coefficient (Wildman–Crippen LogP) is 3.56. The summed E-state index contributed by atoms with van der Waals surface area (Å²) in [5.41, 5.74) is 1.45. The summed E-state index contributed by atoms with van der Waals surface area (Å²) < 4.78 is 11.0. The first-order valence-electron chi connectivity index (χ1n) is 7.60. The molecule has 0 aromatic heterocycles. The number of phenols is 1. The van der Waals surface area contributed by atoms with Crippen LogP contribution in [-0.4, -0.2) is 29.4 Å². The summed E-state index contributed by atoms with van der Waals surface area (Å²) in [6.07, 6.45) is 2.41. The fourth-order valence-corrected chi connectivity index (χ4v) is 2.05. The number of hydrogen-bond acceptors (Lipinski definition) is 4. The predicted molar refractivity (Wildman–Crippen MR) is 84.5 cm³/mol. The van der Waals surface area contributed by atoms with Crippen molar-refractivity contribution in [3.63, 3.8) is 0 Å². The second-order valence-corrected chi connectivity index (χ2v) is 4.79. The van der Waals surface area contributed by atoms with Crippen LogP contribution >= 0.6 is 0 Å². The molecule has 1 aromatic carbocycles. The van der Waals surface area contributed by atoms with Gasteiger partial charge in [0.05, 0.1) is 13.2 Å². The van der Waals surface area contributed by atoms with E-state index in [1.54, 1.807) is 19.1 Å². The van der Waals surface area contributed by atoms with E-state index in [1.165, 1.54) is 6.07 Å². The summed E-state index contributed by atoms with van der Waals surface area (Å²) in [6, 6.07) is 4.80. The lowest BCUT2D eigenvalue weighted by molar-refractivity contribution is -0.136. The zero-order valence-corrected chi connectivity index (χ0v) is 13.4. The number of carboxylic acids is 1. The number of benzene rings is 1. The topological polar surface area (TPSA) is 76.0 Å². The van der Waals surface area contributed by atoms with Gasteiger partial charge in [0.25, 0.3) is 0 Å². The molecule has 0 bridgehead atoms. The van der Waals surface area contributed by atoms with Gasteiger partial charge in [-0.1, -0.05) is 20.3 Å². The third kappa shape index (κ3) is 4.69. The van der Waals surface area contributed by atoms with E-state index in [4.69, 9.17) is 9.47 Å². The van der Waals surface area contributed by atoms with Crippen LogP contribution in [0.5, 0.6) is 5.75 Å². The molecule has 0 fully saturated rings. The Morgan fingerprint density at radius 2 is 1.91 bits per heavy atom. The van der Waals surface area contributed by atoms with Crippen LogP contribution in [-0.2, 0) is 20.7 Å². The maximum Gasteiger partial charge on any atom is 0.375 e. The van der Waals surface area contributed by atoms with Crippen LogP contribution in [0.2, 0.25) is 0 Å². The zero-order valence-electron chi connectivity index (χ0n) is 13.4. The zero-order chi connectivity index (χ0) is 16.5. The largest absolute Gasteiger partial charge is 0.508 e. The molecule has 122 valence electrons. The van der Waals surface area contributed by atoms with Gasteiger partial charge in [-0.15, -0.1) is 0 Å². The van der Waals surface area contributed by atoms with E-state index in [9.17, 15) is 15.0 Å². The molecule has 0 aliphatic carbocycles. The second-order valence-electron chi connectivity index (χ2n) is 4.79. The molecule has 0 atom stereocenters. The van der Waals surface area contributed by atoms with Crippen LogP contribution in [0.4, 0.5) is 0 Å². The summed E-state index contributed by atoms with van der Waals surface area (Å²) in [7, 11) is 0. The molecule has 0 saturated carbocycles. The fraction of sp³-hybridized carbons (Fsp3) is 0.471. The van der Waals surface area contributed by atoms with Crippen molar-refractivity contribution >= 4 is 11.7 Å². The van der Waals surface area contributed by atoms with Gasteiger partial charge in [0.15, 0.2) is 5.76 Å². The van der Waals surface area contributed by atoms with Crippen molar-refractivity contribution < 1.29 is 24.5 Å². The lowest BCUT2D eigenvalue weighted by Crippen LogP contribution is -2.11. The summed E-state index contributed by atoms with van der Waals surface area (Å²) >= 11 is 0. The van der Waals surface area contributed by atoms with Crippen molar-refractivity contribution in [1.82, 2.24) is 0 Å². The van der Waals surface area contributed by atoms with E-state index in [0.29, 0.717) is 18.6 Å². The Morgan fingerprint density at radius 1 is 1.18 bits per heavy atom. The molecule has 1 rings (SSSR count). The van der Waals surface area contributed by atoms with Crippen LogP contribution in [0.25, 0.3) is 5.76 Å². The van der Waals surface area contributed by atoms with Crippen LogP contribution in [0.15, 0.2) is 24.0 Å². The molecule has 1 aromatic rings. The molecule has 0 spiro atoms. The monoisotopic (exact) mass is 308 g/mol. The minimum absolute atomic E-state index is 0.141. The van der Waals surface area contributed by atoms with E-state index >= 15 is 0 Å². The SMILES string of the molecule is CCCCOC(=C(OCC)C(=O)O)c1ccc(O)cc1CC. The molecular formula is C17H24O5. The van der Waals surface area contributed by atoms with Crippen LogP contribution in [0.1, 0.15) is 44.7 Å². The van der Waals surface area contributed by atoms with Crippen molar-refractivity contribution in [2.24, 2.45) is 0 Å². The van der Waals surface area contributed by atoms with Gasteiger partial charge in [-0.05, 0) is 43.5 Å². The van der Waals surface area contributed by atoms with Gasteiger partial charge in [0.2, 0.25) is 5.76 Å². The van der Waals surface area contributed by atoms with Crippen molar-refractivity contribution in [3.05, 3.63) is 35.1 Å². The molecule has 5 nitrogen and oxygen atoms in total. The number of aliphatic carboxylic acids is 1. The maximum atomic E-state index is 11.5. The number of aryl methyl sites for hydroxylation is 1. The Hall–Kier alpha value is -2.17. The third-order valence-electron chi connectivity index (χ3n) is 3.15. The maximum absolute atomic E-state index is 11.5. The quantitative estimate of drug-likeness (QED) is 0.414. The van der Waals surface area contributed by atoms with Crippen LogP contribution < -0.4 is 0 Å². The summed E-state index contributed by atoms with van der Waals surface area (Å²) in [6.45, 7) is 6.35. The van der Waals surface area contributed by atoms with Crippen molar-refractivity contribution in [3.8, 4) is 5.75 Å². The van der Waals surface area contributed by atoms with Gasteiger partial charge in [0.1, 0.15) is 5.75 Å². The summed E-state index contributed by atoms with van der Waals surface area (Å²) in [4.78, 5) is 11.5. The lowest BCUT2D eigenvalue weighted by atomic mass is 10.0. The van der Waals surface area contributed by atoms with Gasteiger partial charge < -0.3 is 19.7 Å². The third-order valence-corrected chi connectivity index (χ3v) is 3.15. The number of aromatic hydroxyl groups is 1. The summed E-state index contributed by atoms with van der Waals surface area (Å²) in [5, 5.41) is 19.0. The highest BCUT2D eigenvalue weighted by Gasteiger charge is 2.21. The number of ether oxygens (including phenoxy) is 2. The highest BCUT2D eigenvalue weighted by molar-refractivity contribution is 5.93. The number of carboxylic acid groups (broad SMARTS) is 1. The van der Waals surface area contributed by atoms with E-state index in [2.05, 4.69) is 0 Å². The Labute approximate surface area is 131 Å². The van der Waals surface area contributed by atoms with Crippen molar-refractivity contribution in [2.75, 3.05) is 13.2 Å². The first kappa shape index (κ1) is 17.9. The number of unbranched alkanes of at least 4 members (excludes halogenated alkanes) is 1. The molecule has 0 amide bonds. The average Bonchev–Trinajstić information content (AvgIpc) is 2.50. The number of rotatable bonds is 9. The number of hydrogen-bond donors (Lipinski definition) is 2. The lowest BCUT2D eigenvalue weighted by Gasteiger charge is -2.17. The fourth-order valence-electron chi connectivity index (χ4n) is 2.05. The Balaban J connectivity index is 3.36. The van der Waals surface area contributed by atoms with Gasteiger partial charge in [-0.3, -0.25) is 0 Å². The van der Waals surface area contributed by atoms with Crippen LogP contribution in [0.3, 0.4) is 0 Å². The first-order valence-corrected chi connectivity index (χ1v) is 7.60. The van der Waals surface area contributed by atoms with E-state index < -0.39 is 5.97 Å². The van der Waals surface area contributed by atoms with Gasteiger partial charge in [0, 0.05) is 5.56 Å². The minimum atomic E-state index is -1.16. The van der Waals surface area contributed by atoms with Crippen molar-refractivity contribution in [2.45, 2.75) is 40.0 Å². The van der Waals surface area contributed by atoms with Gasteiger partial charge in [-0.2, -0.15) is 0 Å². The molecule has 22 heavy (non-hydrogen) atoms. The molecule has 0 radical (unpaired) electrons. The van der Waals surface area contributed by atoms with Gasteiger partial charge in [-0.25, -0.2) is 4.79 Å². The molecular weight excluding hydrogens is 284 g/mol. The van der Waals surface area contributed by atoms with E-state index in [1.807, 2.05) is 13.8 Å². The highest BCUT2D eigenvalue weighted by Crippen LogP contribution is 2.28. The average molecular weight is 308 g/mol. The molecule has 0 saturated heterocycles. The highest BCUT2D eigenvalue weighted by atomic mass is 16.5. The first-order chi connectivity index (χ1) is 10.5. The second kappa shape index (κ2) is 8.97. The molecule has 0 aliphatic rings. The Kier molecular flexibility index (Phi) is 7.29. The molecule has 0 unspecified atom stereocenters.